The average Bonchev–Trinajstić information content (AvgIpc) is 2.87. The van der Waals surface area contributed by atoms with Crippen LogP contribution in [0.1, 0.15) is 104 Å². The standard InChI is InChI=1S/C31H49N3O.2CH4.2H2/c1-6-9-10-26(7-2)27(8-3)21-30(35)28-14-11-25(12-15-28)13-16-29-23-31(5,22-24(4)33-29)34-19-17-32-18-20-34;;;;/h6,9-11,14,23,27,30,32,35H,7-8,12-13,15-22H2,1-5H3;2*1H4;2*1H/b9-6-,26-10-;;;;/t27?,30-,31?;;;;/m1..../s1. The van der Waals surface area contributed by atoms with Crippen LogP contribution in [0, 0.1) is 5.92 Å². The molecule has 0 saturated carbocycles. The molecule has 1 aliphatic carbocycles. The van der Waals surface area contributed by atoms with Crippen molar-refractivity contribution >= 4 is 5.71 Å². The van der Waals surface area contributed by atoms with Gasteiger partial charge in [-0.1, -0.05) is 70.2 Å². The Morgan fingerprint density at radius 1 is 1.19 bits per heavy atom. The summed E-state index contributed by atoms with van der Waals surface area (Å²) < 4.78 is 0. The predicted octanol–water partition coefficient (Wildman–Crippen LogP) is 8.28. The summed E-state index contributed by atoms with van der Waals surface area (Å²) in [5.41, 5.74) is 6.73. The molecule has 3 aliphatic rings. The van der Waals surface area contributed by atoms with E-state index in [-0.39, 0.29) is 29.3 Å². The van der Waals surface area contributed by atoms with Crippen molar-refractivity contribution in [2.75, 3.05) is 26.2 Å². The quantitative estimate of drug-likeness (QED) is 0.272. The van der Waals surface area contributed by atoms with E-state index in [2.05, 4.69) is 81.3 Å². The largest absolute Gasteiger partial charge is 0.389 e. The number of piperazine rings is 1. The lowest BCUT2D eigenvalue weighted by molar-refractivity contribution is 0.130. The maximum Gasteiger partial charge on any atom is 0.0759 e. The molecule has 0 amide bonds. The van der Waals surface area contributed by atoms with Crippen molar-refractivity contribution in [3.63, 3.8) is 0 Å². The predicted molar refractivity (Wildman–Crippen MR) is 169 cm³/mol. The van der Waals surface area contributed by atoms with Gasteiger partial charge in [0.15, 0.2) is 0 Å². The van der Waals surface area contributed by atoms with Crippen LogP contribution < -0.4 is 5.32 Å². The van der Waals surface area contributed by atoms with Crippen molar-refractivity contribution in [3.8, 4) is 0 Å². The molecule has 2 aliphatic heterocycles. The van der Waals surface area contributed by atoms with Crippen LogP contribution in [-0.4, -0.2) is 53.5 Å². The lowest BCUT2D eigenvalue weighted by Crippen LogP contribution is -2.55. The van der Waals surface area contributed by atoms with Crippen molar-refractivity contribution in [2.45, 2.75) is 112 Å². The Balaban J connectivity index is 0. The van der Waals surface area contributed by atoms with Gasteiger partial charge in [-0.25, -0.2) is 0 Å². The number of aliphatic hydroxyl groups is 1. The highest BCUT2D eigenvalue weighted by atomic mass is 16.3. The van der Waals surface area contributed by atoms with Gasteiger partial charge in [0.1, 0.15) is 0 Å². The zero-order valence-electron chi connectivity index (χ0n) is 22.9. The van der Waals surface area contributed by atoms with Crippen LogP contribution in [0.15, 0.2) is 63.9 Å². The Bertz CT molecular complexity index is 897. The summed E-state index contributed by atoms with van der Waals surface area (Å²) in [4.78, 5) is 7.55. The molecule has 37 heavy (non-hydrogen) atoms. The molecule has 2 heterocycles. The summed E-state index contributed by atoms with van der Waals surface area (Å²) in [7, 11) is 0. The number of hydrogen-bond donors (Lipinski definition) is 2. The van der Waals surface area contributed by atoms with Crippen LogP contribution in [0.3, 0.4) is 0 Å². The van der Waals surface area contributed by atoms with Gasteiger partial charge in [-0.05, 0) is 83.3 Å². The molecule has 0 aromatic heterocycles. The van der Waals surface area contributed by atoms with E-state index in [1.807, 2.05) is 0 Å². The summed E-state index contributed by atoms with van der Waals surface area (Å²) in [6, 6.07) is 0. The van der Waals surface area contributed by atoms with E-state index >= 15 is 0 Å². The van der Waals surface area contributed by atoms with Gasteiger partial charge in [0.05, 0.1) is 6.10 Å². The zero-order chi connectivity index (χ0) is 25.3. The van der Waals surface area contributed by atoms with Crippen molar-refractivity contribution in [1.29, 1.82) is 0 Å². The van der Waals surface area contributed by atoms with Gasteiger partial charge in [0, 0.05) is 52.4 Å². The molecular formula is C33H61N3O. The van der Waals surface area contributed by atoms with Gasteiger partial charge >= 0.3 is 0 Å². The fourth-order valence-electron chi connectivity index (χ4n) is 5.99. The summed E-state index contributed by atoms with van der Waals surface area (Å²) >= 11 is 0. The first-order valence-corrected chi connectivity index (χ1v) is 14.0. The SMILES string of the molecule is C.C.C/C=C\C=C(\CC)C(CC)C[C@@H](O)C1=CC=C(CCC2=CC(C)(N3CCNCC3)CC(C)=N2)CC1.[HH].[HH]. The second-order valence-corrected chi connectivity index (χ2v) is 10.8. The van der Waals surface area contributed by atoms with Crippen molar-refractivity contribution in [3.05, 3.63) is 58.9 Å². The molecule has 0 radical (unpaired) electrons. The van der Waals surface area contributed by atoms with Gasteiger partial charge in [0.25, 0.3) is 0 Å². The summed E-state index contributed by atoms with van der Waals surface area (Å²) in [5, 5.41) is 14.5. The van der Waals surface area contributed by atoms with Crippen LogP contribution in [0.25, 0.3) is 0 Å². The number of aliphatic imine (C=N–C) groups is 1. The minimum Gasteiger partial charge on any atom is -0.389 e. The molecule has 3 rings (SSSR count). The second kappa shape index (κ2) is 16.3. The average molecular weight is 516 g/mol. The first-order chi connectivity index (χ1) is 16.9. The van der Waals surface area contributed by atoms with Crippen molar-refractivity contribution in [1.82, 2.24) is 10.2 Å². The number of hydrogen-bond acceptors (Lipinski definition) is 4. The third-order valence-corrected chi connectivity index (χ3v) is 8.10. The van der Waals surface area contributed by atoms with E-state index in [4.69, 9.17) is 4.99 Å². The lowest BCUT2D eigenvalue weighted by atomic mass is 9.84. The van der Waals surface area contributed by atoms with E-state index in [9.17, 15) is 5.11 Å². The summed E-state index contributed by atoms with van der Waals surface area (Å²) in [6.07, 6.45) is 21.1. The van der Waals surface area contributed by atoms with Crippen LogP contribution >= 0.6 is 0 Å². The third-order valence-electron chi connectivity index (χ3n) is 8.10. The number of nitrogens with one attached hydrogen (secondary N) is 1. The summed E-state index contributed by atoms with van der Waals surface area (Å²) in [6.45, 7) is 15.5. The highest BCUT2D eigenvalue weighted by Crippen LogP contribution is 2.33. The number of aliphatic hydroxyl groups excluding tert-OH is 1. The minimum atomic E-state index is -0.341. The monoisotopic (exact) mass is 515 g/mol. The van der Waals surface area contributed by atoms with E-state index in [0.29, 0.717) is 5.92 Å². The Morgan fingerprint density at radius 2 is 1.92 bits per heavy atom. The Kier molecular flexibility index (Phi) is 14.6. The summed E-state index contributed by atoms with van der Waals surface area (Å²) in [5.74, 6) is 0.446. The van der Waals surface area contributed by atoms with Gasteiger partial charge in [-0.15, -0.1) is 0 Å². The van der Waals surface area contributed by atoms with Crippen LogP contribution in [0.2, 0.25) is 0 Å². The second-order valence-electron chi connectivity index (χ2n) is 10.8. The van der Waals surface area contributed by atoms with E-state index in [1.54, 1.807) is 0 Å². The Morgan fingerprint density at radius 3 is 2.51 bits per heavy atom. The maximum absolute atomic E-state index is 11.0. The fourth-order valence-corrected chi connectivity index (χ4v) is 5.99. The molecule has 0 aromatic rings. The maximum atomic E-state index is 11.0. The van der Waals surface area contributed by atoms with E-state index in [1.165, 1.54) is 28.1 Å². The molecule has 0 aromatic carbocycles. The number of nitrogens with zero attached hydrogens (tertiary/aromatic N) is 2. The topological polar surface area (TPSA) is 47.9 Å². The van der Waals surface area contributed by atoms with Crippen molar-refractivity contribution in [2.24, 2.45) is 10.9 Å². The van der Waals surface area contributed by atoms with Gasteiger partial charge < -0.3 is 10.4 Å². The molecule has 2 unspecified atom stereocenters. The van der Waals surface area contributed by atoms with Crippen LogP contribution in [-0.2, 0) is 0 Å². The normalized spacial score (nSPS) is 24.8. The van der Waals surface area contributed by atoms with E-state index in [0.717, 1.165) is 77.5 Å². The number of allylic oxidation sites excluding steroid dienone is 8. The van der Waals surface area contributed by atoms with Gasteiger partial charge in [0.2, 0.25) is 0 Å². The molecule has 0 bridgehead atoms. The van der Waals surface area contributed by atoms with Crippen LogP contribution in [0.5, 0.6) is 0 Å². The number of rotatable bonds is 11. The fraction of sp³-hybridized carbons (Fsp3) is 0.667. The van der Waals surface area contributed by atoms with E-state index < -0.39 is 0 Å². The van der Waals surface area contributed by atoms with Crippen LogP contribution in [0.4, 0.5) is 0 Å². The molecule has 4 heteroatoms. The lowest BCUT2D eigenvalue weighted by Gasteiger charge is -2.43. The smallest absolute Gasteiger partial charge is 0.0759 e. The minimum absolute atomic E-state index is 0. The first kappa shape index (κ1) is 33.3. The molecule has 2 N–H and O–H groups in total. The third kappa shape index (κ3) is 9.50. The molecule has 214 valence electrons. The highest BCUT2D eigenvalue weighted by Gasteiger charge is 2.33. The Hall–Kier alpha value is -1.75. The molecule has 3 atom stereocenters. The highest BCUT2D eigenvalue weighted by molar-refractivity contribution is 5.85. The Labute approximate surface area is 232 Å². The van der Waals surface area contributed by atoms with Gasteiger partial charge in [-0.2, -0.15) is 0 Å². The molecule has 1 saturated heterocycles. The first-order valence-electron chi connectivity index (χ1n) is 14.0. The molecule has 0 spiro atoms. The van der Waals surface area contributed by atoms with Crippen molar-refractivity contribution < 1.29 is 7.96 Å². The molecular weight excluding hydrogens is 454 g/mol. The molecule has 4 nitrogen and oxygen atoms in total. The zero-order valence-corrected chi connectivity index (χ0v) is 22.9. The van der Waals surface area contributed by atoms with Gasteiger partial charge in [-0.3, -0.25) is 9.89 Å². The molecule has 1 fully saturated rings.